The van der Waals surface area contributed by atoms with Gasteiger partial charge in [-0.15, -0.1) is 0 Å². The first-order valence-corrected chi connectivity index (χ1v) is 6.12. The zero-order valence-corrected chi connectivity index (χ0v) is 21.5. The van der Waals surface area contributed by atoms with Gasteiger partial charge in [-0.25, -0.2) is 9.59 Å². The predicted octanol–water partition coefficient (Wildman–Crippen LogP) is -6.90. The molecule has 0 unspecified atom stereocenters. The fraction of sp³-hybridized carbons (Fsp3) is 0.308. The number of aromatic nitrogens is 2. The summed E-state index contributed by atoms with van der Waals surface area (Å²) in [6.07, 6.45) is -2.33. The Bertz CT molecular complexity index is 628. The summed E-state index contributed by atoms with van der Waals surface area (Å²) < 4.78 is 17.9. The molecule has 2 aromatic heterocycles. The zero-order chi connectivity index (χ0) is 18.7. The Morgan fingerprint density at radius 1 is 0.846 bits per heavy atom. The maximum Gasteiger partial charge on any atom is 1.00 e. The van der Waals surface area contributed by atoms with Crippen molar-refractivity contribution in [1.82, 2.24) is 10.3 Å². The first-order valence-electron chi connectivity index (χ1n) is 6.12. The molecule has 0 amide bonds. The van der Waals surface area contributed by atoms with Gasteiger partial charge in [0.25, 0.3) is 0 Å². The Hall–Kier alpha value is -0.0973. The summed E-state index contributed by atoms with van der Waals surface area (Å²) in [6, 6.07) is 3.04. The number of hydrogen-bond acceptors (Lipinski definition) is 11. The minimum Gasteiger partial charge on any atom is -0.652 e. The van der Waals surface area contributed by atoms with Gasteiger partial charge in [0.05, 0.1) is 25.6 Å². The number of carbonyl (C=O) groups is 3. The van der Waals surface area contributed by atoms with Crippen LogP contribution >= 0.6 is 0 Å². The van der Waals surface area contributed by atoms with E-state index in [1.807, 2.05) is 0 Å². The summed E-state index contributed by atoms with van der Waals surface area (Å²) in [7, 11) is 2.58. The van der Waals surface area contributed by atoms with E-state index in [-0.39, 0.29) is 114 Å². The van der Waals surface area contributed by atoms with Crippen LogP contribution in [-0.4, -0.2) is 42.6 Å². The van der Waals surface area contributed by atoms with E-state index in [0.29, 0.717) is 11.4 Å². The van der Waals surface area contributed by atoms with Gasteiger partial charge in [-0.05, 0) is 20.0 Å². The summed E-state index contributed by atoms with van der Waals surface area (Å²) >= 11 is 0. The molecule has 0 aliphatic carbocycles. The molecule has 0 bridgehead atoms. The zero-order valence-electron chi connectivity index (χ0n) is 15.2. The van der Waals surface area contributed by atoms with E-state index >= 15 is 0 Å². The third kappa shape index (κ3) is 14.0. The van der Waals surface area contributed by atoms with Crippen LogP contribution in [0.4, 0.5) is 4.79 Å². The van der Waals surface area contributed by atoms with Gasteiger partial charge >= 0.3 is 115 Å². The maximum atomic E-state index is 10.7. The van der Waals surface area contributed by atoms with Crippen LogP contribution in [0.25, 0.3) is 0 Å². The van der Waals surface area contributed by atoms with E-state index in [4.69, 9.17) is 15.0 Å². The molecule has 0 saturated heterocycles. The molecule has 0 atom stereocenters. The van der Waals surface area contributed by atoms with Gasteiger partial charge in [0.1, 0.15) is 0 Å². The van der Waals surface area contributed by atoms with Crippen molar-refractivity contribution < 1.29 is 146 Å². The summed E-state index contributed by atoms with van der Waals surface area (Å²) in [6.45, 7) is 3.46. The van der Waals surface area contributed by atoms with Crippen molar-refractivity contribution in [3.63, 3.8) is 0 Å². The van der Waals surface area contributed by atoms with Crippen LogP contribution in [0.3, 0.4) is 0 Å². The number of rotatable bonds is 2. The quantitative estimate of drug-likeness (QED) is 0.334. The first kappa shape index (κ1) is 30.6. The Morgan fingerprint density at radius 3 is 1.27 bits per heavy atom. The van der Waals surface area contributed by atoms with Crippen LogP contribution in [0.5, 0.6) is 0 Å². The smallest absolute Gasteiger partial charge is 0.652 e. The number of carboxylic acid groups (broad SMARTS) is 2. The fourth-order valence-electron chi connectivity index (χ4n) is 1.12. The van der Waals surface area contributed by atoms with Gasteiger partial charge in [-0.3, -0.25) is 0 Å². The van der Waals surface area contributed by atoms with Crippen LogP contribution in [0.15, 0.2) is 21.2 Å². The molecule has 0 N–H and O–H groups in total. The van der Waals surface area contributed by atoms with Crippen molar-refractivity contribution in [2.45, 2.75) is 13.8 Å². The summed E-state index contributed by atoms with van der Waals surface area (Å²) in [5.74, 6) is -0.721. The number of methoxy groups -OCH3 is 2. The molecule has 2 aromatic rings. The number of esters is 2. The molecule has 0 aromatic carbocycles. The molecule has 132 valence electrons. The van der Waals surface area contributed by atoms with Crippen molar-refractivity contribution in [2.24, 2.45) is 0 Å². The second kappa shape index (κ2) is 17.0. The second-order valence-electron chi connectivity index (χ2n) is 3.90. The molecular formula is C13H14K2N2O9. The minimum atomic E-state index is -2.33. The molecule has 0 saturated carbocycles. The molecule has 0 radical (unpaired) electrons. The standard InChI is InChI=1S/2C6H7NO3.CH2O3.2K/c2*1-4-3-5(10-7-4)6(8)9-2;2-1(3)4;;/h2*3H,1-2H3;(H2,2,3,4);;/q;;;2*+1/p-2. The topological polar surface area (TPSA) is 168 Å². The third-order valence-electron chi connectivity index (χ3n) is 2.03. The SMILES string of the molecule is COC(=O)c1cc(C)no1.COC(=O)c1cc(C)no1.O=C([O-])[O-].[K+].[K+]. The Kier molecular flexibility index (Phi) is 20.1. The van der Waals surface area contributed by atoms with Gasteiger partial charge in [0.2, 0.25) is 11.5 Å². The molecule has 2 heterocycles. The van der Waals surface area contributed by atoms with Gasteiger partial charge in [0.15, 0.2) is 0 Å². The van der Waals surface area contributed by atoms with Crippen LogP contribution in [-0.2, 0) is 9.47 Å². The van der Waals surface area contributed by atoms with Crippen molar-refractivity contribution in [3.05, 3.63) is 35.0 Å². The summed E-state index contributed by atoms with van der Waals surface area (Å²) in [5.41, 5.74) is 1.33. The number of nitrogens with zero attached hydrogens (tertiary/aromatic N) is 2. The van der Waals surface area contributed by atoms with E-state index < -0.39 is 18.1 Å². The van der Waals surface area contributed by atoms with Crippen LogP contribution in [0.1, 0.15) is 32.5 Å². The largest absolute Gasteiger partial charge is 1.00 e. The molecular weight excluding hydrogens is 406 g/mol. The molecule has 11 nitrogen and oxygen atoms in total. The summed E-state index contributed by atoms with van der Waals surface area (Å²) in [4.78, 5) is 29.7. The predicted molar refractivity (Wildman–Crippen MR) is 70.6 cm³/mol. The first-order chi connectivity index (χ1) is 11.2. The number of ether oxygens (including phenoxy) is 2. The van der Waals surface area contributed by atoms with Crippen LogP contribution in [0, 0.1) is 13.8 Å². The van der Waals surface area contributed by atoms with Crippen molar-refractivity contribution in [1.29, 1.82) is 0 Å². The number of carbonyl (C=O) groups excluding carboxylic acids is 3. The van der Waals surface area contributed by atoms with Crippen LogP contribution < -0.4 is 113 Å². The van der Waals surface area contributed by atoms with Gasteiger partial charge < -0.3 is 33.5 Å². The second-order valence-corrected chi connectivity index (χ2v) is 3.90. The van der Waals surface area contributed by atoms with E-state index in [9.17, 15) is 9.59 Å². The molecule has 0 fully saturated rings. The number of aryl methyl sites for hydroxylation is 2. The van der Waals surface area contributed by atoms with E-state index in [1.54, 1.807) is 13.8 Å². The van der Waals surface area contributed by atoms with E-state index in [1.165, 1.54) is 26.4 Å². The van der Waals surface area contributed by atoms with Crippen molar-refractivity contribution in [3.8, 4) is 0 Å². The third-order valence-corrected chi connectivity index (χ3v) is 2.03. The Labute approximate surface area is 233 Å². The average molecular weight is 420 g/mol. The van der Waals surface area contributed by atoms with Crippen molar-refractivity contribution >= 4 is 18.1 Å². The molecule has 0 aliphatic heterocycles. The molecule has 2 rings (SSSR count). The Morgan fingerprint density at radius 2 is 1.12 bits per heavy atom. The van der Waals surface area contributed by atoms with Gasteiger partial charge in [0, 0.05) is 12.1 Å². The van der Waals surface area contributed by atoms with Crippen molar-refractivity contribution in [2.75, 3.05) is 14.2 Å². The van der Waals surface area contributed by atoms with Gasteiger partial charge in [-0.1, -0.05) is 10.3 Å². The Balaban J connectivity index is -0.000000319. The average Bonchev–Trinajstić information content (AvgIpc) is 3.14. The van der Waals surface area contributed by atoms with E-state index in [2.05, 4.69) is 28.8 Å². The molecule has 13 heteroatoms. The van der Waals surface area contributed by atoms with Crippen LogP contribution in [0.2, 0.25) is 0 Å². The molecule has 0 aliphatic rings. The molecule has 26 heavy (non-hydrogen) atoms. The maximum absolute atomic E-state index is 10.7. The molecule has 0 spiro atoms. The summed E-state index contributed by atoms with van der Waals surface area (Å²) in [5, 5.41) is 23.7. The van der Waals surface area contributed by atoms with E-state index in [0.717, 1.165) is 0 Å². The normalized spacial score (nSPS) is 8.15. The fourth-order valence-corrected chi connectivity index (χ4v) is 1.12. The monoisotopic (exact) mass is 420 g/mol. The number of hydrogen-bond donors (Lipinski definition) is 0. The minimum absolute atomic E-state index is 0. The van der Waals surface area contributed by atoms with Gasteiger partial charge in [-0.2, -0.15) is 0 Å².